The minimum absolute atomic E-state index is 0. The van der Waals surface area contributed by atoms with Crippen molar-refractivity contribution in [2.24, 2.45) is 0 Å². The van der Waals surface area contributed by atoms with Crippen molar-refractivity contribution in [3.05, 3.63) is 71.8 Å². The smallest absolute Gasteiger partial charge is 0.223 e. The van der Waals surface area contributed by atoms with E-state index in [9.17, 15) is 4.79 Å². The summed E-state index contributed by atoms with van der Waals surface area (Å²) in [5.41, 5.74) is 2.53. The largest absolute Gasteiger partial charge is 0.340 e. The van der Waals surface area contributed by atoms with Gasteiger partial charge >= 0.3 is 0 Å². The van der Waals surface area contributed by atoms with Crippen LogP contribution in [0.1, 0.15) is 30.4 Å². The summed E-state index contributed by atoms with van der Waals surface area (Å²) >= 11 is 0. The predicted molar refractivity (Wildman–Crippen MR) is 105 cm³/mol. The molecule has 0 saturated carbocycles. The number of benzene rings is 2. The second-order valence-corrected chi connectivity index (χ2v) is 6.70. The molecule has 134 valence electrons. The molecule has 0 spiro atoms. The van der Waals surface area contributed by atoms with Crippen molar-refractivity contribution in [1.82, 2.24) is 10.2 Å². The first-order valence-corrected chi connectivity index (χ1v) is 8.82. The molecular weight excluding hydrogens is 332 g/mol. The Labute approximate surface area is 156 Å². The van der Waals surface area contributed by atoms with Crippen LogP contribution in [0.4, 0.5) is 0 Å². The Kier molecular flexibility index (Phi) is 7.48. The molecule has 25 heavy (non-hydrogen) atoms. The van der Waals surface area contributed by atoms with Crippen molar-refractivity contribution in [3.63, 3.8) is 0 Å². The zero-order chi connectivity index (χ0) is 16.8. The molecule has 4 heteroatoms. The van der Waals surface area contributed by atoms with E-state index < -0.39 is 0 Å². The van der Waals surface area contributed by atoms with E-state index in [-0.39, 0.29) is 24.2 Å². The fourth-order valence-corrected chi connectivity index (χ4v) is 3.43. The zero-order valence-electron chi connectivity index (χ0n) is 14.7. The van der Waals surface area contributed by atoms with Gasteiger partial charge in [-0.15, -0.1) is 12.4 Å². The maximum atomic E-state index is 12.8. The lowest BCUT2D eigenvalue weighted by atomic mass is 9.88. The number of piperazine rings is 1. The van der Waals surface area contributed by atoms with Gasteiger partial charge in [0.25, 0.3) is 0 Å². The van der Waals surface area contributed by atoms with E-state index in [0.29, 0.717) is 12.5 Å². The molecule has 0 aromatic heterocycles. The number of nitrogens with zero attached hydrogens (tertiary/aromatic N) is 1. The lowest BCUT2D eigenvalue weighted by molar-refractivity contribution is -0.132. The molecule has 3 rings (SSSR count). The molecule has 1 amide bonds. The third-order valence-corrected chi connectivity index (χ3v) is 4.74. The van der Waals surface area contributed by atoms with Crippen LogP contribution in [0.15, 0.2) is 60.7 Å². The molecule has 3 nitrogen and oxygen atoms in total. The number of amides is 1. The third-order valence-electron chi connectivity index (χ3n) is 4.74. The van der Waals surface area contributed by atoms with Gasteiger partial charge in [-0.05, 0) is 30.4 Å². The highest BCUT2D eigenvalue weighted by atomic mass is 35.5. The van der Waals surface area contributed by atoms with Gasteiger partial charge in [0.05, 0.1) is 0 Å². The van der Waals surface area contributed by atoms with Crippen molar-refractivity contribution >= 4 is 18.3 Å². The minimum atomic E-state index is 0. The Bertz CT molecular complexity index is 647. The number of halogens is 1. The molecule has 1 aliphatic rings. The summed E-state index contributed by atoms with van der Waals surface area (Å²) in [4.78, 5) is 14.8. The van der Waals surface area contributed by atoms with Crippen molar-refractivity contribution < 1.29 is 4.79 Å². The van der Waals surface area contributed by atoms with Crippen molar-refractivity contribution in [3.8, 4) is 0 Å². The number of hydrogen-bond donors (Lipinski definition) is 1. The maximum Gasteiger partial charge on any atom is 0.223 e. The molecule has 2 aromatic rings. The quantitative estimate of drug-likeness (QED) is 0.884. The van der Waals surface area contributed by atoms with Gasteiger partial charge in [0.2, 0.25) is 5.91 Å². The van der Waals surface area contributed by atoms with E-state index in [1.165, 1.54) is 11.1 Å². The first-order valence-electron chi connectivity index (χ1n) is 8.82. The third kappa shape index (κ3) is 5.58. The van der Waals surface area contributed by atoms with E-state index in [0.717, 1.165) is 26.1 Å². The van der Waals surface area contributed by atoms with Crippen molar-refractivity contribution in [1.29, 1.82) is 0 Å². The topological polar surface area (TPSA) is 32.3 Å². The number of hydrogen-bond acceptors (Lipinski definition) is 2. The van der Waals surface area contributed by atoms with Crippen molar-refractivity contribution in [2.45, 2.75) is 31.7 Å². The average molecular weight is 359 g/mol. The Hall–Kier alpha value is -1.84. The normalized spacial score (nSPS) is 18.3. The Morgan fingerprint density at radius 2 is 1.76 bits per heavy atom. The minimum Gasteiger partial charge on any atom is -0.340 e. The van der Waals surface area contributed by atoms with Crippen LogP contribution in [0.2, 0.25) is 0 Å². The van der Waals surface area contributed by atoms with E-state index >= 15 is 0 Å². The lowest BCUT2D eigenvalue weighted by Gasteiger charge is -2.33. The summed E-state index contributed by atoms with van der Waals surface area (Å²) in [5.74, 6) is 0.499. The second-order valence-electron chi connectivity index (χ2n) is 6.70. The molecule has 0 aliphatic carbocycles. The van der Waals surface area contributed by atoms with Crippen LogP contribution in [0.3, 0.4) is 0 Å². The summed E-state index contributed by atoms with van der Waals surface area (Å²) in [6.45, 7) is 4.65. The number of rotatable bonds is 5. The first kappa shape index (κ1) is 19.5. The maximum absolute atomic E-state index is 12.8. The predicted octanol–water partition coefficient (Wildman–Crippen LogP) is 3.65. The molecule has 1 heterocycles. The van der Waals surface area contributed by atoms with Gasteiger partial charge in [-0.1, -0.05) is 60.7 Å². The summed E-state index contributed by atoms with van der Waals surface area (Å²) in [5, 5.41) is 3.40. The summed E-state index contributed by atoms with van der Waals surface area (Å²) in [6.07, 6.45) is 1.48. The highest BCUT2D eigenvalue weighted by Crippen LogP contribution is 2.25. The first-order chi connectivity index (χ1) is 11.7. The molecule has 1 N–H and O–H groups in total. The molecule has 2 unspecified atom stereocenters. The molecule has 1 aliphatic heterocycles. The van der Waals surface area contributed by atoms with Crippen LogP contribution < -0.4 is 5.32 Å². The van der Waals surface area contributed by atoms with Crippen molar-refractivity contribution in [2.75, 3.05) is 19.6 Å². The number of carbonyl (C=O) groups is 1. The SMILES string of the molecule is CC1CN(C(=O)CC(Cc2ccccc2)c2ccccc2)CCN1.Cl. The van der Waals surface area contributed by atoms with Crippen LogP contribution in [0.25, 0.3) is 0 Å². The van der Waals surface area contributed by atoms with Gasteiger partial charge in [-0.3, -0.25) is 4.79 Å². The highest BCUT2D eigenvalue weighted by molar-refractivity contribution is 5.85. The second kappa shape index (κ2) is 9.59. The Balaban J connectivity index is 0.00000225. The number of carbonyl (C=O) groups excluding carboxylic acids is 1. The summed E-state index contributed by atoms with van der Waals surface area (Å²) in [7, 11) is 0. The van der Waals surface area contributed by atoms with Crippen LogP contribution in [0.5, 0.6) is 0 Å². The fourth-order valence-electron chi connectivity index (χ4n) is 3.43. The van der Waals surface area contributed by atoms with Crippen LogP contribution in [-0.4, -0.2) is 36.5 Å². The molecular formula is C21H27ClN2O. The van der Waals surface area contributed by atoms with Gasteiger partial charge in [0.15, 0.2) is 0 Å². The Morgan fingerprint density at radius 3 is 2.40 bits per heavy atom. The lowest BCUT2D eigenvalue weighted by Crippen LogP contribution is -2.51. The molecule has 2 aromatic carbocycles. The van der Waals surface area contributed by atoms with Crippen LogP contribution in [-0.2, 0) is 11.2 Å². The number of nitrogens with one attached hydrogen (secondary N) is 1. The molecule has 1 saturated heterocycles. The van der Waals surface area contributed by atoms with E-state index in [1.54, 1.807) is 0 Å². The summed E-state index contributed by atoms with van der Waals surface area (Å²) < 4.78 is 0. The summed E-state index contributed by atoms with van der Waals surface area (Å²) in [6, 6.07) is 21.3. The highest BCUT2D eigenvalue weighted by Gasteiger charge is 2.24. The fraction of sp³-hybridized carbons (Fsp3) is 0.381. The van der Waals surface area contributed by atoms with E-state index in [1.807, 2.05) is 17.0 Å². The molecule has 0 radical (unpaired) electrons. The zero-order valence-corrected chi connectivity index (χ0v) is 15.5. The van der Waals surface area contributed by atoms with Gasteiger partial charge in [-0.25, -0.2) is 0 Å². The Morgan fingerprint density at radius 1 is 1.12 bits per heavy atom. The molecule has 2 atom stereocenters. The molecule has 1 fully saturated rings. The molecule has 0 bridgehead atoms. The van der Waals surface area contributed by atoms with Gasteiger partial charge in [0, 0.05) is 32.1 Å². The van der Waals surface area contributed by atoms with Gasteiger partial charge in [0.1, 0.15) is 0 Å². The van der Waals surface area contributed by atoms with Crippen LogP contribution >= 0.6 is 12.4 Å². The van der Waals surface area contributed by atoms with Gasteiger partial charge < -0.3 is 10.2 Å². The van der Waals surface area contributed by atoms with Gasteiger partial charge in [-0.2, -0.15) is 0 Å². The van der Waals surface area contributed by atoms with E-state index in [4.69, 9.17) is 0 Å². The standard InChI is InChI=1S/C21H26N2O.ClH/c1-17-16-23(13-12-22-17)21(24)15-20(19-10-6-3-7-11-19)14-18-8-4-2-5-9-18;/h2-11,17,20,22H,12-16H2,1H3;1H. The monoisotopic (exact) mass is 358 g/mol. The van der Waals surface area contributed by atoms with Crippen LogP contribution in [0, 0.1) is 0 Å². The van der Waals surface area contributed by atoms with E-state index in [2.05, 4.69) is 60.8 Å². The average Bonchev–Trinajstić information content (AvgIpc) is 2.63.